The first kappa shape index (κ1) is 13.3. The molecule has 98 valence electrons. The lowest BCUT2D eigenvalue weighted by Gasteiger charge is -2.23. The summed E-state index contributed by atoms with van der Waals surface area (Å²) < 4.78 is 26.1. The highest BCUT2D eigenvalue weighted by Crippen LogP contribution is 2.23. The van der Waals surface area contributed by atoms with Crippen LogP contribution in [0.4, 0.5) is 0 Å². The van der Waals surface area contributed by atoms with Crippen molar-refractivity contribution in [3.63, 3.8) is 0 Å². The third-order valence-electron chi connectivity index (χ3n) is 3.17. The quantitative estimate of drug-likeness (QED) is 0.840. The molecule has 0 heterocycles. The third kappa shape index (κ3) is 2.48. The van der Waals surface area contributed by atoms with Crippen molar-refractivity contribution >= 4 is 10.0 Å². The summed E-state index contributed by atoms with van der Waals surface area (Å²) in [5.74, 6) is 0. The Kier molecular flexibility index (Phi) is 3.56. The SMILES string of the molecule is Cc1cccc(S(=O)(=O)N(C)[C@@H]2C=C[C@H](O)C2)c1. The average molecular weight is 267 g/mol. The Labute approximate surface area is 108 Å². The minimum absolute atomic E-state index is 0.273. The largest absolute Gasteiger partial charge is 0.389 e. The summed E-state index contributed by atoms with van der Waals surface area (Å²) in [6, 6.07) is 6.56. The van der Waals surface area contributed by atoms with E-state index < -0.39 is 16.1 Å². The minimum Gasteiger partial charge on any atom is -0.389 e. The molecule has 1 N–H and O–H groups in total. The molecule has 2 atom stereocenters. The Balaban J connectivity index is 2.29. The van der Waals surface area contributed by atoms with E-state index in [2.05, 4.69) is 0 Å². The summed E-state index contributed by atoms with van der Waals surface area (Å²) in [4.78, 5) is 0.291. The van der Waals surface area contributed by atoms with E-state index >= 15 is 0 Å². The van der Waals surface area contributed by atoms with Gasteiger partial charge in [0.15, 0.2) is 0 Å². The summed E-state index contributed by atoms with van der Waals surface area (Å²) in [5.41, 5.74) is 0.909. The first-order valence-corrected chi connectivity index (χ1v) is 7.26. The maximum absolute atomic E-state index is 12.4. The summed E-state index contributed by atoms with van der Waals surface area (Å²) in [6.45, 7) is 1.86. The zero-order valence-electron chi connectivity index (χ0n) is 10.4. The summed E-state index contributed by atoms with van der Waals surface area (Å²) in [7, 11) is -1.95. The first-order chi connectivity index (χ1) is 8.41. The third-order valence-corrected chi connectivity index (χ3v) is 5.05. The number of rotatable bonds is 3. The minimum atomic E-state index is -3.50. The Morgan fingerprint density at radius 3 is 2.61 bits per heavy atom. The molecule has 0 saturated heterocycles. The van der Waals surface area contributed by atoms with Gasteiger partial charge in [0.05, 0.1) is 11.0 Å². The monoisotopic (exact) mass is 267 g/mol. The van der Waals surface area contributed by atoms with Crippen molar-refractivity contribution in [3.8, 4) is 0 Å². The van der Waals surface area contributed by atoms with E-state index in [-0.39, 0.29) is 6.04 Å². The van der Waals surface area contributed by atoms with Crippen LogP contribution in [-0.4, -0.2) is 37.0 Å². The highest BCUT2D eigenvalue weighted by Gasteiger charge is 2.30. The number of likely N-dealkylation sites (N-methyl/N-ethyl adjacent to an activating group) is 1. The number of aliphatic hydroxyl groups is 1. The van der Waals surface area contributed by atoms with Crippen molar-refractivity contribution in [1.82, 2.24) is 4.31 Å². The standard InChI is InChI=1S/C13H17NO3S/c1-10-4-3-5-13(8-10)18(16,17)14(2)11-6-7-12(15)9-11/h3-8,11-12,15H,9H2,1-2H3/t11-,12+/m1/s1. The highest BCUT2D eigenvalue weighted by molar-refractivity contribution is 7.89. The van der Waals surface area contributed by atoms with E-state index in [0.717, 1.165) is 5.56 Å². The molecule has 1 aromatic carbocycles. The maximum atomic E-state index is 12.4. The normalized spacial score (nSPS) is 23.8. The molecule has 1 aromatic rings. The first-order valence-electron chi connectivity index (χ1n) is 5.82. The fourth-order valence-corrected chi connectivity index (χ4v) is 3.48. The Morgan fingerprint density at radius 1 is 1.33 bits per heavy atom. The van der Waals surface area contributed by atoms with Crippen LogP contribution in [0.2, 0.25) is 0 Å². The topological polar surface area (TPSA) is 57.6 Å². The van der Waals surface area contributed by atoms with E-state index in [1.807, 2.05) is 13.0 Å². The van der Waals surface area contributed by atoms with E-state index in [4.69, 9.17) is 0 Å². The van der Waals surface area contributed by atoms with E-state index in [9.17, 15) is 13.5 Å². The van der Waals surface area contributed by atoms with Crippen LogP contribution in [-0.2, 0) is 10.0 Å². The second kappa shape index (κ2) is 4.84. The number of aliphatic hydroxyl groups excluding tert-OH is 1. The lowest BCUT2D eigenvalue weighted by Crippen LogP contribution is -2.35. The zero-order valence-corrected chi connectivity index (χ0v) is 11.3. The maximum Gasteiger partial charge on any atom is 0.243 e. The second-order valence-electron chi connectivity index (χ2n) is 4.59. The zero-order chi connectivity index (χ0) is 13.3. The molecule has 0 unspecified atom stereocenters. The van der Waals surface area contributed by atoms with E-state index in [1.165, 1.54) is 4.31 Å². The molecule has 0 aromatic heterocycles. The van der Waals surface area contributed by atoms with Gasteiger partial charge in [0.1, 0.15) is 0 Å². The van der Waals surface area contributed by atoms with E-state index in [0.29, 0.717) is 11.3 Å². The van der Waals surface area contributed by atoms with Crippen molar-refractivity contribution in [2.24, 2.45) is 0 Å². The second-order valence-corrected chi connectivity index (χ2v) is 6.59. The van der Waals surface area contributed by atoms with Gasteiger partial charge in [0, 0.05) is 13.1 Å². The van der Waals surface area contributed by atoms with Crippen LogP contribution in [0.1, 0.15) is 12.0 Å². The van der Waals surface area contributed by atoms with Crippen LogP contribution in [0.5, 0.6) is 0 Å². The van der Waals surface area contributed by atoms with Gasteiger partial charge >= 0.3 is 0 Å². The lowest BCUT2D eigenvalue weighted by atomic mass is 10.2. The average Bonchev–Trinajstić information content (AvgIpc) is 2.74. The Hall–Kier alpha value is -1.17. The van der Waals surface area contributed by atoms with Crippen LogP contribution in [0.3, 0.4) is 0 Å². The highest BCUT2D eigenvalue weighted by atomic mass is 32.2. The van der Waals surface area contributed by atoms with Gasteiger partial charge in [-0.25, -0.2) is 8.42 Å². The fourth-order valence-electron chi connectivity index (χ4n) is 2.05. The molecule has 1 aliphatic rings. The predicted molar refractivity (Wildman–Crippen MR) is 69.7 cm³/mol. The van der Waals surface area contributed by atoms with Gasteiger partial charge in [-0.1, -0.05) is 24.3 Å². The molecule has 1 aliphatic carbocycles. The van der Waals surface area contributed by atoms with E-state index in [1.54, 1.807) is 37.4 Å². The number of aryl methyl sites for hydroxylation is 1. The number of benzene rings is 1. The lowest BCUT2D eigenvalue weighted by molar-refractivity contribution is 0.204. The van der Waals surface area contributed by atoms with Crippen LogP contribution >= 0.6 is 0 Å². The fraction of sp³-hybridized carbons (Fsp3) is 0.385. The Bertz CT molecular complexity index is 565. The van der Waals surface area contributed by atoms with Gasteiger partial charge in [-0.05, 0) is 31.0 Å². The molecule has 0 bridgehead atoms. The molecule has 18 heavy (non-hydrogen) atoms. The van der Waals surface area contributed by atoms with Crippen molar-refractivity contribution in [2.45, 2.75) is 30.4 Å². The van der Waals surface area contributed by atoms with Crippen LogP contribution < -0.4 is 0 Å². The molecule has 0 aliphatic heterocycles. The molecule has 4 nitrogen and oxygen atoms in total. The molecular formula is C13H17NO3S. The van der Waals surface area contributed by atoms with Crippen molar-refractivity contribution in [1.29, 1.82) is 0 Å². The Morgan fingerprint density at radius 2 is 2.06 bits per heavy atom. The summed E-state index contributed by atoms with van der Waals surface area (Å²) in [5, 5.41) is 9.42. The van der Waals surface area contributed by atoms with Gasteiger partial charge in [-0.15, -0.1) is 0 Å². The number of hydrogen-bond donors (Lipinski definition) is 1. The predicted octanol–water partition coefficient (Wildman–Crippen LogP) is 1.30. The van der Waals surface area contributed by atoms with Crippen molar-refractivity contribution < 1.29 is 13.5 Å². The van der Waals surface area contributed by atoms with Gasteiger partial charge in [-0.2, -0.15) is 4.31 Å². The number of nitrogens with zero attached hydrogens (tertiary/aromatic N) is 1. The van der Waals surface area contributed by atoms with Crippen LogP contribution in [0.25, 0.3) is 0 Å². The molecule has 0 amide bonds. The molecule has 0 fully saturated rings. The van der Waals surface area contributed by atoms with Crippen LogP contribution in [0.15, 0.2) is 41.3 Å². The summed E-state index contributed by atoms with van der Waals surface area (Å²) in [6.07, 6.45) is 3.23. The smallest absolute Gasteiger partial charge is 0.243 e. The summed E-state index contributed by atoms with van der Waals surface area (Å²) >= 11 is 0. The van der Waals surface area contributed by atoms with Gasteiger partial charge in [-0.3, -0.25) is 0 Å². The van der Waals surface area contributed by atoms with Crippen LogP contribution in [0, 0.1) is 6.92 Å². The van der Waals surface area contributed by atoms with Gasteiger partial charge in [0.25, 0.3) is 0 Å². The molecular weight excluding hydrogens is 250 g/mol. The van der Waals surface area contributed by atoms with Gasteiger partial charge < -0.3 is 5.11 Å². The van der Waals surface area contributed by atoms with Crippen molar-refractivity contribution in [2.75, 3.05) is 7.05 Å². The molecule has 5 heteroatoms. The molecule has 2 rings (SSSR count). The molecule has 0 saturated carbocycles. The molecule has 0 radical (unpaired) electrons. The number of sulfonamides is 1. The molecule has 0 spiro atoms. The van der Waals surface area contributed by atoms with Gasteiger partial charge in [0.2, 0.25) is 10.0 Å². The van der Waals surface area contributed by atoms with Crippen molar-refractivity contribution in [3.05, 3.63) is 42.0 Å². The number of hydrogen-bond acceptors (Lipinski definition) is 3.